The molecule has 0 saturated heterocycles. The normalized spacial score (nSPS) is 12.8. The van der Waals surface area contributed by atoms with E-state index in [0.717, 1.165) is 21.9 Å². The van der Waals surface area contributed by atoms with Gasteiger partial charge in [0.05, 0.1) is 0 Å². The van der Waals surface area contributed by atoms with Gasteiger partial charge in [0.1, 0.15) is 12.0 Å². The summed E-state index contributed by atoms with van der Waals surface area (Å²) in [5, 5.41) is 9.92. The third kappa shape index (κ3) is 2.85. The minimum atomic E-state index is 0.0509. The van der Waals surface area contributed by atoms with Crippen molar-refractivity contribution in [1.82, 2.24) is 0 Å². The van der Waals surface area contributed by atoms with Crippen molar-refractivity contribution in [3.63, 3.8) is 0 Å². The lowest BCUT2D eigenvalue weighted by Crippen LogP contribution is -1.98. The maximum Gasteiger partial charge on any atom is 0.120 e. The molecule has 0 aliphatic carbocycles. The van der Waals surface area contributed by atoms with Gasteiger partial charge in [0, 0.05) is 10.9 Å². The number of aldehydes is 1. The summed E-state index contributed by atoms with van der Waals surface area (Å²) < 4.78 is 0.994. The average molecular weight is 285 g/mol. The highest BCUT2D eigenvalue weighted by atomic mass is 79.9. The van der Waals surface area contributed by atoms with Gasteiger partial charge < -0.3 is 9.90 Å². The zero-order chi connectivity index (χ0) is 12.3. The second-order valence-corrected chi connectivity index (χ2v) is 5.24. The number of carbonyl (C=O) groups excluding carboxylic acids is 1. The minimum Gasteiger partial charge on any atom is -0.508 e. The van der Waals surface area contributed by atoms with E-state index >= 15 is 0 Å². The van der Waals surface area contributed by atoms with E-state index in [0.29, 0.717) is 12.3 Å². The average Bonchev–Trinajstić information content (AvgIpc) is 2.20. The van der Waals surface area contributed by atoms with Crippen molar-refractivity contribution < 1.29 is 9.90 Å². The molecule has 0 saturated carbocycles. The van der Waals surface area contributed by atoms with Crippen LogP contribution in [0.15, 0.2) is 16.6 Å². The third-order valence-corrected chi connectivity index (χ3v) is 3.44. The molecular formula is C13H17BrO2. The molecule has 0 aliphatic rings. The number of hydrogen-bond donors (Lipinski definition) is 1. The Morgan fingerprint density at radius 2 is 1.94 bits per heavy atom. The molecule has 0 radical (unpaired) electrons. The van der Waals surface area contributed by atoms with E-state index < -0.39 is 0 Å². The molecule has 1 N–H and O–H groups in total. The SMILES string of the molecule is CC(C)c1cc(O)c(C(C)CC=O)cc1Br. The van der Waals surface area contributed by atoms with Crippen LogP contribution in [0, 0.1) is 0 Å². The highest BCUT2D eigenvalue weighted by Crippen LogP contribution is 2.35. The summed E-state index contributed by atoms with van der Waals surface area (Å²) in [5.74, 6) is 0.687. The third-order valence-electron chi connectivity index (χ3n) is 2.75. The lowest BCUT2D eigenvalue weighted by molar-refractivity contribution is -0.108. The van der Waals surface area contributed by atoms with Gasteiger partial charge in [-0.1, -0.05) is 36.7 Å². The Balaban J connectivity index is 3.14. The fourth-order valence-electron chi connectivity index (χ4n) is 1.70. The first-order valence-electron chi connectivity index (χ1n) is 5.43. The van der Waals surface area contributed by atoms with Crippen LogP contribution in [0.2, 0.25) is 0 Å². The highest BCUT2D eigenvalue weighted by Gasteiger charge is 2.14. The van der Waals surface area contributed by atoms with Crippen molar-refractivity contribution in [2.24, 2.45) is 0 Å². The van der Waals surface area contributed by atoms with Crippen molar-refractivity contribution in [3.05, 3.63) is 27.7 Å². The van der Waals surface area contributed by atoms with Gasteiger partial charge in [-0.15, -0.1) is 0 Å². The first-order chi connectivity index (χ1) is 7.47. The van der Waals surface area contributed by atoms with Gasteiger partial charge in [0.15, 0.2) is 0 Å². The van der Waals surface area contributed by atoms with Crippen LogP contribution < -0.4 is 0 Å². The second-order valence-electron chi connectivity index (χ2n) is 4.39. The summed E-state index contributed by atoms with van der Waals surface area (Å²) in [6, 6.07) is 3.70. The van der Waals surface area contributed by atoms with E-state index in [1.54, 1.807) is 6.07 Å². The summed E-state index contributed by atoms with van der Waals surface area (Å²) in [6.45, 7) is 6.09. The fourth-order valence-corrected chi connectivity index (χ4v) is 2.52. The number of benzene rings is 1. The maximum atomic E-state index is 10.5. The molecule has 1 rings (SSSR count). The molecule has 0 aliphatic heterocycles. The van der Waals surface area contributed by atoms with Crippen LogP contribution >= 0.6 is 15.9 Å². The lowest BCUT2D eigenvalue weighted by atomic mass is 9.93. The number of phenols is 1. The molecule has 0 heterocycles. The fraction of sp³-hybridized carbons (Fsp3) is 0.462. The molecule has 16 heavy (non-hydrogen) atoms. The van der Waals surface area contributed by atoms with E-state index in [1.807, 2.05) is 13.0 Å². The van der Waals surface area contributed by atoms with Crippen LogP contribution in [0.5, 0.6) is 5.75 Å². The van der Waals surface area contributed by atoms with Crippen LogP contribution in [0.1, 0.15) is 50.2 Å². The minimum absolute atomic E-state index is 0.0509. The molecule has 2 nitrogen and oxygen atoms in total. The Bertz CT molecular complexity index is 386. The second kappa shape index (κ2) is 5.48. The van der Waals surface area contributed by atoms with Gasteiger partial charge in [-0.3, -0.25) is 0 Å². The Morgan fingerprint density at radius 3 is 2.44 bits per heavy atom. The molecule has 3 heteroatoms. The summed E-state index contributed by atoms with van der Waals surface area (Å²) in [7, 11) is 0. The van der Waals surface area contributed by atoms with E-state index in [2.05, 4.69) is 29.8 Å². The van der Waals surface area contributed by atoms with Crippen LogP contribution in [-0.2, 0) is 4.79 Å². The summed E-state index contributed by atoms with van der Waals surface area (Å²) in [6.07, 6.45) is 1.31. The zero-order valence-corrected chi connectivity index (χ0v) is 11.4. The molecular weight excluding hydrogens is 268 g/mol. The number of halogens is 1. The Hall–Kier alpha value is -0.830. The van der Waals surface area contributed by atoms with Gasteiger partial charge in [-0.05, 0) is 35.1 Å². The monoisotopic (exact) mass is 284 g/mol. The van der Waals surface area contributed by atoms with Crippen molar-refractivity contribution in [3.8, 4) is 5.75 Å². The lowest BCUT2D eigenvalue weighted by Gasteiger charge is -2.15. The van der Waals surface area contributed by atoms with E-state index in [9.17, 15) is 9.90 Å². The van der Waals surface area contributed by atoms with Gasteiger partial charge >= 0.3 is 0 Å². The Kier molecular flexibility index (Phi) is 4.54. The van der Waals surface area contributed by atoms with Gasteiger partial charge in [-0.25, -0.2) is 0 Å². The van der Waals surface area contributed by atoms with E-state index in [1.165, 1.54) is 0 Å². The van der Waals surface area contributed by atoms with E-state index in [4.69, 9.17) is 0 Å². The number of carbonyl (C=O) groups is 1. The largest absolute Gasteiger partial charge is 0.508 e. The van der Waals surface area contributed by atoms with Gasteiger partial charge in [0.2, 0.25) is 0 Å². The van der Waals surface area contributed by atoms with Crippen molar-refractivity contribution in [2.45, 2.75) is 39.0 Å². The number of aromatic hydroxyl groups is 1. The van der Waals surface area contributed by atoms with E-state index in [-0.39, 0.29) is 11.7 Å². The van der Waals surface area contributed by atoms with Crippen molar-refractivity contribution in [1.29, 1.82) is 0 Å². The molecule has 1 aromatic carbocycles. The molecule has 0 amide bonds. The van der Waals surface area contributed by atoms with Crippen molar-refractivity contribution >= 4 is 22.2 Å². The Morgan fingerprint density at radius 1 is 1.31 bits per heavy atom. The topological polar surface area (TPSA) is 37.3 Å². The highest BCUT2D eigenvalue weighted by molar-refractivity contribution is 9.10. The van der Waals surface area contributed by atoms with Gasteiger partial charge in [0.25, 0.3) is 0 Å². The molecule has 1 aromatic rings. The Labute approximate surface area is 105 Å². The van der Waals surface area contributed by atoms with Crippen LogP contribution in [0.3, 0.4) is 0 Å². The predicted octanol–water partition coefficient (Wildman–Crippen LogP) is 3.97. The number of hydrogen-bond acceptors (Lipinski definition) is 2. The van der Waals surface area contributed by atoms with Crippen molar-refractivity contribution in [2.75, 3.05) is 0 Å². The zero-order valence-electron chi connectivity index (χ0n) is 9.83. The van der Waals surface area contributed by atoms with Crippen LogP contribution in [-0.4, -0.2) is 11.4 Å². The summed E-state index contributed by atoms with van der Waals surface area (Å²) in [5.41, 5.74) is 1.91. The van der Waals surface area contributed by atoms with Crippen LogP contribution in [0.4, 0.5) is 0 Å². The standard InChI is InChI=1S/C13H17BrO2/c1-8(2)10-7-13(16)11(6-12(10)14)9(3)4-5-15/h5-9,16H,4H2,1-3H3. The quantitative estimate of drug-likeness (QED) is 0.850. The molecule has 0 aromatic heterocycles. The molecule has 0 bridgehead atoms. The van der Waals surface area contributed by atoms with Gasteiger partial charge in [-0.2, -0.15) is 0 Å². The molecule has 1 atom stereocenters. The molecule has 0 spiro atoms. The van der Waals surface area contributed by atoms with Crippen LogP contribution in [0.25, 0.3) is 0 Å². The number of phenolic OH excluding ortho intramolecular Hbond substituents is 1. The predicted molar refractivity (Wildman–Crippen MR) is 69.0 cm³/mol. The molecule has 1 unspecified atom stereocenters. The smallest absolute Gasteiger partial charge is 0.120 e. The molecule has 0 fully saturated rings. The number of rotatable bonds is 4. The maximum absolute atomic E-state index is 10.5. The summed E-state index contributed by atoms with van der Waals surface area (Å²) >= 11 is 3.50. The first kappa shape index (κ1) is 13.2. The summed E-state index contributed by atoms with van der Waals surface area (Å²) in [4.78, 5) is 10.5. The molecule has 88 valence electrons. The first-order valence-corrected chi connectivity index (χ1v) is 6.22.